The fraction of sp³-hybridized carbons (Fsp3) is 0.286. The second kappa shape index (κ2) is 5.17. The summed E-state index contributed by atoms with van der Waals surface area (Å²) in [6.07, 6.45) is 0. The lowest BCUT2D eigenvalue weighted by atomic mass is 10.1. The Bertz CT molecular complexity index is 490. The molecular weight excluding hydrogens is 210 g/mol. The van der Waals surface area contributed by atoms with Crippen LogP contribution in [0.4, 0.5) is 5.69 Å². The van der Waals surface area contributed by atoms with Crippen molar-refractivity contribution < 1.29 is 0 Å². The highest BCUT2D eigenvalue weighted by Gasteiger charge is 2.08. The van der Waals surface area contributed by atoms with Gasteiger partial charge in [-0.15, -0.1) is 0 Å². The van der Waals surface area contributed by atoms with Gasteiger partial charge >= 0.3 is 0 Å². The first-order chi connectivity index (χ1) is 8.22. The minimum absolute atomic E-state index is 0.0129. The maximum Gasteiger partial charge on any atom is 0.0443 e. The topological polar surface area (TPSA) is 55.3 Å². The number of nitrogens with two attached hydrogens (primary N) is 2. The van der Waals surface area contributed by atoms with Gasteiger partial charge in [0.05, 0.1) is 0 Å². The van der Waals surface area contributed by atoms with Gasteiger partial charge in [-0.2, -0.15) is 0 Å². The quantitative estimate of drug-likeness (QED) is 0.836. The number of hydrogen-bond donors (Lipinski definition) is 2. The van der Waals surface area contributed by atoms with Crippen molar-refractivity contribution in [2.45, 2.75) is 6.04 Å². The minimum Gasteiger partial charge on any atom is -0.372 e. The summed E-state index contributed by atoms with van der Waals surface area (Å²) in [5.41, 5.74) is 12.6. The van der Waals surface area contributed by atoms with Crippen LogP contribution in [0, 0.1) is 0 Å². The Morgan fingerprint density at radius 3 is 2.59 bits per heavy atom. The SMILES string of the molecule is CN(CC(N)CN)c1cccc2ccccc12. The summed E-state index contributed by atoms with van der Waals surface area (Å²) in [6, 6.07) is 14.7. The molecule has 17 heavy (non-hydrogen) atoms. The molecule has 1 atom stereocenters. The van der Waals surface area contributed by atoms with Gasteiger partial charge in [0.1, 0.15) is 0 Å². The molecule has 0 saturated heterocycles. The normalized spacial score (nSPS) is 12.6. The molecule has 0 radical (unpaired) electrons. The third-order valence-electron chi connectivity index (χ3n) is 2.99. The van der Waals surface area contributed by atoms with Crippen LogP contribution >= 0.6 is 0 Å². The first-order valence-corrected chi connectivity index (χ1v) is 5.87. The van der Waals surface area contributed by atoms with E-state index in [0.717, 1.165) is 6.54 Å². The first-order valence-electron chi connectivity index (χ1n) is 5.87. The van der Waals surface area contributed by atoms with E-state index in [0.29, 0.717) is 6.54 Å². The molecule has 0 bridgehead atoms. The summed E-state index contributed by atoms with van der Waals surface area (Å²) >= 11 is 0. The standard InChI is InChI=1S/C14H19N3/c1-17(10-12(16)9-15)14-8-4-6-11-5-2-3-7-13(11)14/h2-8,12H,9-10,15-16H2,1H3. The van der Waals surface area contributed by atoms with E-state index >= 15 is 0 Å². The van der Waals surface area contributed by atoms with Gasteiger partial charge in [0.15, 0.2) is 0 Å². The molecular formula is C14H19N3. The van der Waals surface area contributed by atoms with Gasteiger partial charge in [0.25, 0.3) is 0 Å². The van der Waals surface area contributed by atoms with Crippen LogP contribution in [-0.4, -0.2) is 26.2 Å². The third kappa shape index (κ3) is 2.57. The molecule has 2 aromatic carbocycles. The van der Waals surface area contributed by atoms with Crippen molar-refractivity contribution in [2.75, 3.05) is 25.0 Å². The zero-order valence-corrected chi connectivity index (χ0v) is 10.1. The molecule has 0 heterocycles. The molecule has 2 rings (SSSR count). The number of nitrogens with zero attached hydrogens (tertiary/aromatic N) is 1. The molecule has 1 unspecified atom stereocenters. The zero-order valence-electron chi connectivity index (χ0n) is 10.1. The number of likely N-dealkylation sites (N-methyl/N-ethyl adjacent to an activating group) is 1. The van der Waals surface area contributed by atoms with Crippen molar-refractivity contribution >= 4 is 16.5 Å². The molecule has 0 fully saturated rings. The molecule has 90 valence electrons. The number of fused-ring (bicyclic) bond motifs is 1. The average Bonchev–Trinajstić information content (AvgIpc) is 2.37. The van der Waals surface area contributed by atoms with Gasteiger partial charge in [0, 0.05) is 37.3 Å². The average molecular weight is 229 g/mol. The van der Waals surface area contributed by atoms with Crippen molar-refractivity contribution in [3.63, 3.8) is 0 Å². The van der Waals surface area contributed by atoms with E-state index in [9.17, 15) is 0 Å². The molecule has 0 aliphatic heterocycles. The van der Waals surface area contributed by atoms with Crippen LogP contribution in [0.1, 0.15) is 0 Å². The van der Waals surface area contributed by atoms with E-state index in [2.05, 4.69) is 54.4 Å². The number of benzene rings is 2. The Morgan fingerprint density at radius 2 is 1.82 bits per heavy atom. The Labute approximate surface area is 102 Å². The summed E-state index contributed by atoms with van der Waals surface area (Å²) in [6.45, 7) is 1.28. The van der Waals surface area contributed by atoms with Crippen LogP contribution in [-0.2, 0) is 0 Å². The maximum atomic E-state index is 5.89. The maximum absolute atomic E-state index is 5.89. The summed E-state index contributed by atoms with van der Waals surface area (Å²) in [5, 5.41) is 2.50. The van der Waals surface area contributed by atoms with Crippen LogP contribution in [0.15, 0.2) is 42.5 Å². The van der Waals surface area contributed by atoms with E-state index in [1.165, 1.54) is 16.5 Å². The Kier molecular flexibility index (Phi) is 3.61. The van der Waals surface area contributed by atoms with Crippen LogP contribution in [0.2, 0.25) is 0 Å². The Morgan fingerprint density at radius 1 is 1.12 bits per heavy atom. The summed E-state index contributed by atoms with van der Waals surface area (Å²) < 4.78 is 0. The van der Waals surface area contributed by atoms with Gasteiger partial charge in [-0.25, -0.2) is 0 Å². The third-order valence-corrected chi connectivity index (χ3v) is 2.99. The minimum atomic E-state index is 0.0129. The summed E-state index contributed by atoms with van der Waals surface area (Å²) in [7, 11) is 2.05. The molecule has 3 heteroatoms. The number of rotatable bonds is 4. The number of hydrogen-bond acceptors (Lipinski definition) is 3. The summed E-state index contributed by atoms with van der Waals surface area (Å²) in [5.74, 6) is 0. The van der Waals surface area contributed by atoms with E-state index < -0.39 is 0 Å². The van der Waals surface area contributed by atoms with Crippen molar-refractivity contribution in [2.24, 2.45) is 11.5 Å². The Hall–Kier alpha value is -1.58. The molecule has 0 saturated carbocycles. The van der Waals surface area contributed by atoms with Crippen LogP contribution < -0.4 is 16.4 Å². The highest BCUT2D eigenvalue weighted by Crippen LogP contribution is 2.25. The van der Waals surface area contributed by atoms with Crippen molar-refractivity contribution in [3.05, 3.63) is 42.5 Å². The first kappa shape index (κ1) is 11.9. The molecule has 2 aromatic rings. The van der Waals surface area contributed by atoms with Crippen LogP contribution in [0.5, 0.6) is 0 Å². The van der Waals surface area contributed by atoms with E-state index in [-0.39, 0.29) is 6.04 Å². The second-order valence-electron chi connectivity index (χ2n) is 4.37. The van der Waals surface area contributed by atoms with Crippen LogP contribution in [0.3, 0.4) is 0 Å². The Balaban J connectivity index is 2.34. The predicted octanol–water partition coefficient (Wildman–Crippen LogP) is 1.56. The fourth-order valence-corrected chi connectivity index (χ4v) is 2.07. The molecule has 0 aromatic heterocycles. The van der Waals surface area contributed by atoms with E-state index in [1.54, 1.807) is 0 Å². The van der Waals surface area contributed by atoms with E-state index in [4.69, 9.17) is 11.5 Å². The number of anilines is 1. The van der Waals surface area contributed by atoms with Gasteiger partial charge in [-0.3, -0.25) is 0 Å². The van der Waals surface area contributed by atoms with Crippen LogP contribution in [0.25, 0.3) is 10.8 Å². The van der Waals surface area contributed by atoms with Gasteiger partial charge in [-0.05, 0) is 11.5 Å². The fourth-order valence-electron chi connectivity index (χ4n) is 2.07. The molecule has 0 aliphatic rings. The molecule has 4 N–H and O–H groups in total. The predicted molar refractivity (Wildman–Crippen MR) is 74.2 cm³/mol. The van der Waals surface area contributed by atoms with Crippen molar-refractivity contribution in [1.82, 2.24) is 0 Å². The van der Waals surface area contributed by atoms with E-state index in [1.807, 2.05) is 0 Å². The molecule has 0 aliphatic carbocycles. The molecule has 0 amide bonds. The molecule has 0 spiro atoms. The van der Waals surface area contributed by atoms with Gasteiger partial charge in [-0.1, -0.05) is 36.4 Å². The lowest BCUT2D eigenvalue weighted by Crippen LogP contribution is -2.40. The zero-order chi connectivity index (χ0) is 12.3. The van der Waals surface area contributed by atoms with Crippen molar-refractivity contribution in [3.8, 4) is 0 Å². The lowest BCUT2D eigenvalue weighted by molar-refractivity contribution is 0.669. The second-order valence-corrected chi connectivity index (χ2v) is 4.37. The highest BCUT2D eigenvalue weighted by molar-refractivity contribution is 5.94. The van der Waals surface area contributed by atoms with Crippen molar-refractivity contribution in [1.29, 1.82) is 0 Å². The summed E-state index contributed by atoms with van der Waals surface area (Å²) in [4.78, 5) is 2.17. The molecule has 3 nitrogen and oxygen atoms in total. The lowest BCUT2D eigenvalue weighted by Gasteiger charge is -2.24. The largest absolute Gasteiger partial charge is 0.372 e. The van der Waals surface area contributed by atoms with Gasteiger partial charge < -0.3 is 16.4 Å². The van der Waals surface area contributed by atoms with Gasteiger partial charge in [0.2, 0.25) is 0 Å². The smallest absolute Gasteiger partial charge is 0.0443 e. The monoisotopic (exact) mass is 229 g/mol. The highest BCUT2D eigenvalue weighted by atomic mass is 15.1.